The van der Waals surface area contributed by atoms with Crippen molar-refractivity contribution in [2.24, 2.45) is 5.16 Å². The Morgan fingerprint density at radius 1 is 1.59 bits per heavy atom. The smallest absolute Gasteiger partial charge is 0.386 e. The van der Waals surface area contributed by atoms with Crippen LogP contribution in [0.2, 0.25) is 0 Å². The number of oxime groups is 1. The molecule has 0 unspecified atom stereocenters. The number of amides is 1. The molecule has 17 heavy (non-hydrogen) atoms. The van der Waals surface area contributed by atoms with Crippen LogP contribution < -0.4 is 5.32 Å². The van der Waals surface area contributed by atoms with Crippen molar-refractivity contribution in [3.63, 3.8) is 0 Å². The Labute approximate surface area is 99.1 Å². The molecule has 0 aliphatic carbocycles. The first-order valence-corrected chi connectivity index (χ1v) is 5.37. The highest BCUT2D eigenvalue weighted by Crippen LogP contribution is 2.11. The van der Waals surface area contributed by atoms with Crippen LogP contribution in [0.3, 0.4) is 0 Å². The molecule has 8 heteroatoms. The molecule has 1 amide bonds. The van der Waals surface area contributed by atoms with Gasteiger partial charge in [0.1, 0.15) is 6.54 Å². The molecular weight excluding hydrogens is 257 g/mol. The second-order valence-electron chi connectivity index (χ2n) is 2.92. The Morgan fingerprint density at radius 3 is 2.94 bits per heavy atom. The molecule has 0 fully saturated rings. The summed E-state index contributed by atoms with van der Waals surface area (Å²) in [4.78, 5) is 16.2. The van der Waals surface area contributed by atoms with E-state index in [1.807, 2.05) is 11.4 Å². The fourth-order valence-electron chi connectivity index (χ4n) is 0.800. The summed E-state index contributed by atoms with van der Waals surface area (Å²) in [7, 11) is 0. The lowest BCUT2D eigenvalue weighted by Gasteiger charge is -2.06. The van der Waals surface area contributed by atoms with Crippen LogP contribution in [0.5, 0.6) is 0 Å². The lowest BCUT2D eigenvalue weighted by molar-refractivity contribution is -0.141. The van der Waals surface area contributed by atoms with Gasteiger partial charge < -0.3 is 10.2 Å². The van der Waals surface area contributed by atoms with Crippen molar-refractivity contribution in [3.8, 4) is 0 Å². The van der Waals surface area contributed by atoms with E-state index in [2.05, 4.69) is 9.99 Å². The third-order valence-corrected chi connectivity index (χ3v) is 2.29. The lowest BCUT2D eigenvalue weighted by atomic mass is 10.5. The van der Waals surface area contributed by atoms with Crippen LogP contribution in [-0.4, -0.2) is 31.4 Å². The van der Waals surface area contributed by atoms with Gasteiger partial charge in [-0.1, -0.05) is 11.2 Å². The molecule has 94 valence electrons. The van der Waals surface area contributed by atoms with E-state index in [9.17, 15) is 18.0 Å². The van der Waals surface area contributed by atoms with Crippen molar-refractivity contribution >= 4 is 23.5 Å². The van der Waals surface area contributed by atoms with Gasteiger partial charge in [-0.15, -0.1) is 11.3 Å². The van der Waals surface area contributed by atoms with E-state index >= 15 is 0 Å². The maximum absolute atomic E-state index is 11.7. The van der Waals surface area contributed by atoms with Gasteiger partial charge in [-0.3, -0.25) is 4.79 Å². The predicted molar refractivity (Wildman–Crippen MR) is 56.9 cm³/mol. The number of carbonyl (C=O) groups excluding carboxylic acids is 1. The predicted octanol–water partition coefficient (Wildman–Crippen LogP) is 1.78. The standard InChI is InChI=1S/C9H9F3N2O2S/c10-9(11,12)6-13-8(15)5-16-14-4-7-2-1-3-17-7/h1-4H,5-6H2,(H,13,15)/b14-4+. The minimum atomic E-state index is -4.42. The van der Waals surface area contributed by atoms with E-state index in [0.717, 1.165) is 4.88 Å². The number of halogens is 3. The number of carbonyl (C=O) groups is 1. The topological polar surface area (TPSA) is 50.7 Å². The van der Waals surface area contributed by atoms with Crippen LogP contribution in [0.4, 0.5) is 13.2 Å². The van der Waals surface area contributed by atoms with Crippen molar-refractivity contribution in [2.45, 2.75) is 6.18 Å². The number of rotatable bonds is 5. The summed E-state index contributed by atoms with van der Waals surface area (Å²) in [5.74, 6) is -0.870. The number of hydrogen-bond donors (Lipinski definition) is 1. The number of hydrogen-bond acceptors (Lipinski definition) is 4. The van der Waals surface area contributed by atoms with Crippen LogP contribution in [0.15, 0.2) is 22.7 Å². The molecule has 1 rings (SSSR count). The van der Waals surface area contributed by atoms with Crippen LogP contribution in [0.1, 0.15) is 4.88 Å². The molecule has 4 nitrogen and oxygen atoms in total. The molecule has 1 N–H and O–H groups in total. The van der Waals surface area contributed by atoms with Crippen molar-refractivity contribution in [1.82, 2.24) is 5.32 Å². The molecule has 0 saturated heterocycles. The van der Waals surface area contributed by atoms with E-state index < -0.39 is 25.2 Å². The first-order chi connectivity index (χ1) is 7.97. The average molecular weight is 266 g/mol. The molecule has 0 radical (unpaired) electrons. The van der Waals surface area contributed by atoms with Gasteiger partial charge in [0.2, 0.25) is 0 Å². The first kappa shape index (κ1) is 13.5. The van der Waals surface area contributed by atoms with Crippen LogP contribution in [-0.2, 0) is 9.63 Å². The van der Waals surface area contributed by atoms with Crippen LogP contribution >= 0.6 is 11.3 Å². The molecule has 0 aliphatic heterocycles. The highest BCUT2D eigenvalue weighted by molar-refractivity contribution is 7.11. The third-order valence-electron chi connectivity index (χ3n) is 1.48. The summed E-state index contributed by atoms with van der Waals surface area (Å²) in [6.07, 6.45) is -3.04. The molecule has 0 bridgehead atoms. The lowest BCUT2D eigenvalue weighted by Crippen LogP contribution is -2.35. The van der Waals surface area contributed by atoms with E-state index in [1.165, 1.54) is 17.6 Å². The maximum atomic E-state index is 11.7. The number of nitrogens with zero attached hydrogens (tertiary/aromatic N) is 1. The molecular formula is C9H9F3N2O2S. The van der Waals surface area contributed by atoms with E-state index in [-0.39, 0.29) is 0 Å². The van der Waals surface area contributed by atoms with Crippen molar-refractivity contribution < 1.29 is 22.8 Å². The summed E-state index contributed by atoms with van der Waals surface area (Å²) in [5.41, 5.74) is 0. The fraction of sp³-hybridized carbons (Fsp3) is 0.333. The number of nitrogens with one attached hydrogen (secondary N) is 1. The number of thiophene rings is 1. The molecule has 0 saturated carbocycles. The monoisotopic (exact) mass is 266 g/mol. The third kappa shape index (κ3) is 6.56. The van der Waals surface area contributed by atoms with Gasteiger partial charge in [0, 0.05) is 4.88 Å². The first-order valence-electron chi connectivity index (χ1n) is 4.50. The highest BCUT2D eigenvalue weighted by atomic mass is 32.1. The molecule has 0 spiro atoms. The molecule has 1 heterocycles. The zero-order chi connectivity index (χ0) is 12.7. The summed E-state index contributed by atoms with van der Waals surface area (Å²) in [6, 6.07) is 3.59. The second kappa shape index (κ2) is 6.24. The summed E-state index contributed by atoms with van der Waals surface area (Å²) >= 11 is 1.42. The Balaban J connectivity index is 2.16. The molecule has 0 aromatic carbocycles. The highest BCUT2D eigenvalue weighted by Gasteiger charge is 2.27. The molecule has 1 aromatic rings. The second-order valence-corrected chi connectivity index (χ2v) is 3.89. The Hall–Kier alpha value is -1.57. The van der Waals surface area contributed by atoms with Crippen LogP contribution in [0, 0.1) is 0 Å². The van der Waals surface area contributed by atoms with E-state index in [1.54, 1.807) is 11.4 Å². The van der Waals surface area contributed by atoms with E-state index in [0.29, 0.717) is 0 Å². The van der Waals surface area contributed by atoms with Crippen molar-refractivity contribution in [2.75, 3.05) is 13.2 Å². The molecule has 0 atom stereocenters. The van der Waals surface area contributed by atoms with Gasteiger partial charge in [-0.05, 0) is 11.4 Å². The largest absolute Gasteiger partial charge is 0.405 e. The Kier molecular flexibility index (Phi) is 4.95. The van der Waals surface area contributed by atoms with Crippen LogP contribution in [0.25, 0.3) is 0 Å². The van der Waals surface area contributed by atoms with Gasteiger partial charge in [-0.2, -0.15) is 13.2 Å². The Morgan fingerprint density at radius 2 is 2.35 bits per heavy atom. The van der Waals surface area contributed by atoms with Gasteiger partial charge in [0.25, 0.3) is 5.91 Å². The van der Waals surface area contributed by atoms with Gasteiger partial charge in [0.05, 0.1) is 6.21 Å². The van der Waals surface area contributed by atoms with Gasteiger partial charge in [-0.25, -0.2) is 0 Å². The molecule has 0 aliphatic rings. The van der Waals surface area contributed by atoms with Gasteiger partial charge in [0.15, 0.2) is 6.61 Å². The zero-order valence-corrected chi connectivity index (χ0v) is 9.35. The minimum Gasteiger partial charge on any atom is -0.386 e. The van der Waals surface area contributed by atoms with Crippen molar-refractivity contribution in [1.29, 1.82) is 0 Å². The fourth-order valence-corrected chi connectivity index (χ4v) is 1.37. The maximum Gasteiger partial charge on any atom is 0.405 e. The minimum absolute atomic E-state index is 0.544. The SMILES string of the molecule is O=C(CO/N=C/c1cccs1)NCC(F)(F)F. The quantitative estimate of drug-likeness (QED) is 0.652. The molecule has 1 aromatic heterocycles. The average Bonchev–Trinajstić information content (AvgIpc) is 2.73. The zero-order valence-electron chi connectivity index (χ0n) is 8.53. The summed E-state index contributed by atoms with van der Waals surface area (Å²) in [6.45, 7) is -1.91. The Bertz CT molecular complexity index is 376. The normalized spacial score (nSPS) is 11.7. The van der Waals surface area contributed by atoms with E-state index in [4.69, 9.17) is 0 Å². The number of alkyl halides is 3. The summed E-state index contributed by atoms with van der Waals surface area (Å²) in [5, 5.41) is 6.93. The van der Waals surface area contributed by atoms with Gasteiger partial charge >= 0.3 is 6.18 Å². The summed E-state index contributed by atoms with van der Waals surface area (Å²) < 4.78 is 35.1. The van der Waals surface area contributed by atoms with Crippen molar-refractivity contribution in [3.05, 3.63) is 22.4 Å².